The monoisotopic (exact) mass is 194 g/mol. The fourth-order valence-electron chi connectivity index (χ4n) is 4.19. The number of hydrogen-bond acceptors (Lipinski definition) is 0. The molecule has 0 N–H and O–H groups in total. The van der Waals surface area contributed by atoms with E-state index >= 15 is 0 Å². The van der Waals surface area contributed by atoms with E-state index in [4.69, 9.17) is 0 Å². The molecule has 5 atom stereocenters. The summed E-state index contributed by atoms with van der Waals surface area (Å²) in [5.41, 5.74) is 0.631. The second-order valence-electron chi connectivity index (χ2n) is 6.39. The van der Waals surface area contributed by atoms with E-state index < -0.39 is 0 Å². The summed E-state index contributed by atoms with van der Waals surface area (Å²) in [7, 11) is 0. The Bertz CT molecular complexity index is 218. The maximum absolute atomic E-state index is 2.55. The number of fused-ring (bicyclic) bond motifs is 1. The second-order valence-corrected chi connectivity index (χ2v) is 6.39. The van der Waals surface area contributed by atoms with Crippen molar-refractivity contribution in [2.24, 2.45) is 35.0 Å². The summed E-state index contributed by atoms with van der Waals surface area (Å²) in [5, 5.41) is 0. The Morgan fingerprint density at radius 2 is 1.93 bits per heavy atom. The van der Waals surface area contributed by atoms with Gasteiger partial charge in [-0.2, -0.15) is 0 Å². The number of rotatable bonds is 2. The van der Waals surface area contributed by atoms with Crippen molar-refractivity contribution in [2.45, 2.75) is 53.9 Å². The van der Waals surface area contributed by atoms with Gasteiger partial charge < -0.3 is 0 Å². The van der Waals surface area contributed by atoms with Crippen LogP contribution in [0.2, 0.25) is 0 Å². The molecule has 2 aliphatic rings. The van der Waals surface area contributed by atoms with E-state index in [9.17, 15) is 0 Å². The van der Waals surface area contributed by atoms with E-state index in [1.807, 2.05) is 0 Å². The molecule has 0 heteroatoms. The van der Waals surface area contributed by atoms with Gasteiger partial charge in [-0.1, -0.05) is 41.0 Å². The topological polar surface area (TPSA) is 0 Å². The molecule has 0 saturated heterocycles. The van der Waals surface area contributed by atoms with Gasteiger partial charge in [-0.25, -0.2) is 0 Å². The van der Waals surface area contributed by atoms with E-state index in [2.05, 4.69) is 34.6 Å². The molecular formula is C14H26. The molecule has 0 aliphatic heterocycles. The summed E-state index contributed by atoms with van der Waals surface area (Å²) < 4.78 is 0. The fraction of sp³-hybridized carbons (Fsp3) is 1.00. The molecule has 0 aromatic rings. The Balaban J connectivity index is 2.22. The highest BCUT2D eigenvalue weighted by molar-refractivity contribution is 5.05. The maximum Gasteiger partial charge on any atom is -0.0269 e. The van der Waals surface area contributed by atoms with Gasteiger partial charge in [-0.05, 0) is 47.8 Å². The Morgan fingerprint density at radius 1 is 1.29 bits per heavy atom. The molecule has 2 fully saturated rings. The van der Waals surface area contributed by atoms with Crippen LogP contribution in [0.5, 0.6) is 0 Å². The lowest BCUT2D eigenvalue weighted by molar-refractivity contribution is 0.0105. The molecule has 0 nitrogen and oxygen atoms in total. The molecule has 0 spiro atoms. The minimum absolute atomic E-state index is 0.631. The zero-order valence-corrected chi connectivity index (χ0v) is 10.5. The first-order chi connectivity index (χ1) is 6.50. The highest BCUT2D eigenvalue weighted by Gasteiger charge is 2.56. The first-order valence-corrected chi connectivity index (χ1v) is 6.50. The maximum atomic E-state index is 2.55. The van der Waals surface area contributed by atoms with Crippen molar-refractivity contribution < 1.29 is 0 Å². The molecule has 0 bridgehead atoms. The summed E-state index contributed by atoms with van der Waals surface area (Å²) in [6.45, 7) is 12.3. The molecule has 14 heavy (non-hydrogen) atoms. The van der Waals surface area contributed by atoms with E-state index in [-0.39, 0.29) is 0 Å². The summed E-state index contributed by atoms with van der Waals surface area (Å²) in [6.07, 6.45) is 4.44. The van der Waals surface area contributed by atoms with E-state index in [1.54, 1.807) is 6.42 Å². The lowest BCUT2D eigenvalue weighted by atomic mass is 9.57. The van der Waals surface area contributed by atoms with Gasteiger partial charge in [0.2, 0.25) is 0 Å². The molecule has 0 heterocycles. The van der Waals surface area contributed by atoms with E-state index in [0.29, 0.717) is 5.41 Å². The molecule has 3 unspecified atom stereocenters. The second kappa shape index (κ2) is 3.25. The van der Waals surface area contributed by atoms with Gasteiger partial charge in [-0.15, -0.1) is 0 Å². The molecule has 0 radical (unpaired) electrons. The first-order valence-electron chi connectivity index (χ1n) is 6.50. The van der Waals surface area contributed by atoms with Gasteiger partial charge in [0.1, 0.15) is 0 Å². The Hall–Kier alpha value is 0. The Labute approximate surface area is 89.5 Å². The predicted octanol–water partition coefficient (Wildman–Crippen LogP) is 4.35. The third kappa shape index (κ3) is 1.33. The van der Waals surface area contributed by atoms with Crippen LogP contribution >= 0.6 is 0 Å². The number of hydrogen-bond donors (Lipinski definition) is 0. The Kier molecular flexibility index (Phi) is 2.44. The SMILES string of the molecule is CC[C@@]1(C)C(C(C)C)CC2CC2[C@@H]1C. The van der Waals surface area contributed by atoms with Crippen LogP contribution in [-0.4, -0.2) is 0 Å². The van der Waals surface area contributed by atoms with Crippen LogP contribution in [0.3, 0.4) is 0 Å². The van der Waals surface area contributed by atoms with Crippen LogP contribution in [0, 0.1) is 35.0 Å². The van der Waals surface area contributed by atoms with Gasteiger partial charge in [-0.3, -0.25) is 0 Å². The third-order valence-corrected chi connectivity index (χ3v) is 5.63. The summed E-state index contributed by atoms with van der Waals surface area (Å²) in [6, 6.07) is 0. The molecule has 0 aromatic heterocycles. The van der Waals surface area contributed by atoms with Gasteiger partial charge in [0.15, 0.2) is 0 Å². The highest BCUT2D eigenvalue weighted by Crippen LogP contribution is 2.63. The van der Waals surface area contributed by atoms with Crippen molar-refractivity contribution in [3.63, 3.8) is 0 Å². The quantitative estimate of drug-likeness (QED) is 0.613. The van der Waals surface area contributed by atoms with Gasteiger partial charge in [0.25, 0.3) is 0 Å². The zero-order chi connectivity index (χ0) is 10.5. The zero-order valence-electron chi connectivity index (χ0n) is 10.5. The standard InChI is InChI=1S/C14H26/c1-6-14(5)10(4)12-7-11(12)8-13(14)9(2)3/h9-13H,6-8H2,1-5H3/t10-,11?,12?,13?,14+/m0/s1. The van der Waals surface area contributed by atoms with Crippen LogP contribution in [0.1, 0.15) is 53.9 Å². The normalized spacial score (nSPS) is 51.9. The van der Waals surface area contributed by atoms with Crippen LogP contribution in [0.15, 0.2) is 0 Å². The average molecular weight is 194 g/mol. The fourth-order valence-corrected chi connectivity index (χ4v) is 4.19. The molecule has 0 amide bonds. The largest absolute Gasteiger partial charge is 0.0648 e. The van der Waals surface area contributed by atoms with Crippen LogP contribution in [0.25, 0.3) is 0 Å². The van der Waals surface area contributed by atoms with E-state index in [0.717, 1.165) is 29.6 Å². The third-order valence-electron chi connectivity index (χ3n) is 5.63. The van der Waals surface area contributed by atoms with Crippen molar-refractivity contribution in [3.05, 3.63) is 0 Å². The highest BCUT2D eigenvalue weighted by atomic mass is 14.6. The molecule has 82 valence electrons. The van der Waals surface area contributed by atoms with Crippen molar-refractivity contribution in [3.8, 4) is 0 Å². The molecule has 2 rings (SSSR count). The van der Waals surface area contributed by atoms with E-state index in [1.165, 1.54) is 12.8 Å². The Morgan fingerprint density at radius 3 is 2.43 bits per heavy atom. The lowest BCUT2D eigenvalue weighted by Crippen LogP contribution is -2.41. The lowest BCUT2D eigenvalue weighted by Gasteiger charge is -2.48. The molecule has 2 aliphatic carbocycles. The van der Waals surface area contributed by atoms with Crippen molar-refractivity contribution in [1.29, 1.82) is 0 Å². The van der Waals surface area contributed by atoms with Crippen LogP contribution in [0.4, 0.5) is 0 Å². The van der Waals surface area contributed by atoms with Crippen LogP contribution in [-0.2, 0) is 0 Å². The van der Waals surface area contributed by atoms with Gasteiger partial charge >= 0.3 is 0 Å². The minimum Gasteiger partial charge on any atom is -0.0648 e. The molecular weight excluding hydrogens is 168 g/mol. The summed E-state index contributed by atoms with van der Waals surface area (Å²) in [5.74, 6) is 5.03. The van der Waals surface area contributed by atoms with Crippen LogP contribution < -0.4 is 0 Å². The van der Waals surface area contributed by atoms with Gasteiger partial charge in [0, 0.05) is 0 Å². The predicted molar refractivity (Wildman–Crippen MR) is 62.1 cm³/mol. The van der Waals surface area contributed by atoms with Gasteiger partial charge in [0.05, 0.1) is 0 Å². The summed E-state index contributed by atoms with van der Waals surface area (Å²) >= 11 is 0. The van der Waals surface area contributed by atoms with Crippen molar-refractivity contribution in [2.75, 3.05) is 0 Å². The smallest absolute Gasteiger partial charge is 0.0269 e. The average Bonchev–Trinajstić information content (AvgIpc) is 2.90. The molecule has 0 aromatic carbocycles. The molecule has 2 saturated carbocycles. The minimum atomic E-state index is 0.631. The summed E-state index contributed by atoms with van der Waals surface area (Å²) in [4.78, 5) is 0. The van der Waals surface area contributed by atoms with Crippen molar-refractivity contribution in [1.82, 2.24) is 0 Å². The first kappa shape index (κ1) is 10.5. The van der Waals surface area contributed by atoms with Crippen molar-refractivity contribution >= 4 is 0 Å².